The van der Waals surface area contributed by atoms with Crippen LogP contribution < -0.4 is 14.2 Å². The van der Waals surface area contributed by atoms with E-state index in [0.717, 1.165) is 43.3 Å². The van der Waals surface area contributed by atoms with Crippen molar-refractivity contribution < 1.29 is 18.6 Å². The molecule has 4 heteroatoms. The Morgan fingerprint density at radius 2 is 0.785 bits per heavy atom. The lowest BCUT2D eigenvalue weighted by atomic mass is 9.76. The first-order valence-electron chi connectivity index (χ1n) is 29.6. The molecule has 0 fully saturated rings. The molecule has 79 heavy (non-hydrogen) atoms. The molecule has 0 saturated carbocycles. The minimum absolute atomic E-state index is 0.119. The number of hydrogen-bond acceptors (Lipinski definition) is 3. The summed E-state index contributed by atoms with van der Waals surface area (Å²) in [6, 6.07) is 37.0. The van der Waals surface area contributed by atoms with Crippen LogP contribution in [0.4, 0.5) is 4.39 Å². The average molecular weight is 1080 g/mol. The smallest absolute Gasteiger partial charge is 0.123 e. The van der Waals surface area contributed by atoms with Crippen LogP contribution in [0.2, 0.25) is 0 Å². The number of hydrogen-bond donors (Lipinski definition) is 0. The first-order valence-corrected chi connectivity index (χ1v) is 29.6. The highest BCUT2D eigenvalue weighted by Crippen LogP contribution is 2.37. The maximum Gasteiger partial charge on any atom is 0.123 e. The molecule has 3 nitrogen and oxygen atoms in total. The minimum atomic E-state index is -0.169. The number of rotatable bonds is 1. The number of benzene rings is 6. The third-order valence-corrected chi connectivity index (χ3v) is 15.5. The van der Waals surface area contributed by atoms with Crippen LogP contribution in [-0.4, -0.2) is 20.3 Å². The molecule has 0 atom stereocenters. The van der Waals surface area contributed by atoms with E-state index in [1.165, 1.54) is 106 Å². The summed E-state index contributed by atoms with van der Waals surface area (Å²) in [5, 5.41) is 0. The molecule has 0 saturated heterocycles. The van der Waals surface area contributed by atoms with Gasteiger partial charge in [0, 0.05) is 0 Å². The van der Waals surface area contributed by atoms with Gasteiger partial charge in [-0.05, 0) is 220 Å². The Labute approximate surface area is 482 Å². The highest BCUT2D eigenvalue weighted by atomic mass is 19.1. The topological polar surface area (TPSA) is 27.7 Å². The van der Waals surface area contributed by atoms with Crippen LogP contribution in [0.25, 0.3) is 0 Å². The van der Waals surface area contributed by atoms with Crippen molar-refractivity contribution in [1.82, 2.24) is 0 Å². The van der Waals surface area contributed by atoms with Gasteiger partial charge in [0.1, 0.15) is 23.1 Å². The van der Waals surface area contributed by atoms with Gasteiger partial charge in [-0.2, -0.15) is 0 Å². The van der Waals surface area contributed by atoms with Crippen LogP contribution in [-0.2, 0) is 58.2 Å². The van der Waals surface area contributed by atoms with E-state index in [-0.39, 0.29) is 38.3 Å². The van der Waals surface area contributed by atoms with Crippen molar-refractivity contribution in [3.63, 3.8) is 0 Å². The predicted molar refractivity (Wildman–Crippen MR) is 341 cm³/mol. The van der Waals surface area contributed by atoms with Gasteiger partial charge in [0.15, 0.2) is 0 Å². The van der Waals surface area contributed by atoms with Gasteiger partial charge in [0.25, 0.3) is 0 Å². The molecule has 0 radical (unpaired) electrons. The molecule has 0 amide bonds. The fourth-order valence-electron chi connectivity index (χ4n) is 10.5. The van der Waals surface area contributed by atoms with Crippen LogP contribution in [0.5, 0.6) is 17.2 Å². The van der Waals surface area contributed by atoms with Gasteiger partial charge in [-0.15, -0.1) is 0 Å². The minimum Gasteiger partial charge on any atom is -0.497 e. The zero-order valence-corrected chi connectivity index (χ0v) is 54.1. The van der Waals surface area contributed by atoms with Crippen LogP contribution in [0.1, 0.15) is 228 Å². The van der Waals surface area contributed by atoms with Gasteiger partial charge in [-0.1, -0.05) is 203 Å². The first kappa shape index (κ1) is 66.2. The summed E-state index contributed by atoms with van der Waals surface area (Å²) in [5.74, 6) is 2.94. The molecule has 2 heterocycles. The van der Waals surface area contributed by atoms with Gasteiger partial charge in [-0.3, -0.25) is 0 Å². The van der Waals surface area contributed by atoms with E-state index in [1.807, 2.05) is 24.3 Å². The second-order valence-corrected chi connectivity index (χ2v) is 28.6. The van der Waals surface area contributed by atoms with Gasteiger partial charge in [0.2, 0.25) is 0 Å². The van der Waals surface area contributed by atoms with Crippen molar-refractivity contribution >= 4 is 0 Å². The molecule has 0 spiro atoms. The summed E-state index contributed by atoms with van der Waals surface area (Å²) < 4.78 is 28.8. The van der Waals surface area contributed by atoms with Crippen LogP contribution in [0.15, 0.2) is 109 Å². The van der Waals surface area contributed by atoms with E-state index >= 15 is 0 Å². The molecule has 6 aromatic carbocycles. The van der Waals surface area contributed by atoms with Crippen molar-refractivity contribution in [2.75, 3.05) is 20.3 Å². The van der Waals surface area contributed by atoms with Gasteiger partial charge >= 0.3 is 0 Å². The highest BCUT2D eigenvalue weighted by molar-refractivity contribution is 5.49. The van der Waals surface area contributed by atoms with E-state index in [2.05, 4.69) is 225 Å². The average Bonchev–Trinajstić information content (AvgIpc) is 3.37. The molecule has 432 valence electrons. The lowest BCUT2D eigenvalue weighted by molar-refractivity contribution is 0.287. The standard InChI is InChI=1S/C16H24.C14H20O.C13H18O.C11H16O.C11H16.C10H13F/c1-11-10-15(16(3,4)5)12(2)14-9-7-6-8-13(11)14;1-10-11-6-5-9-15-13(11)8-7-12(10)14(2,3)4;1-13(2,3)11-6-7-12-10(9-11)5-4-8-14-12;1-11(2,3)9-5-7-10(12-4)8-6-9;1-9-5-7-10(8-6-9)11(2,3)4;1-10(2,3)8-4-6-9(11)7-5-8/h10H,6-9H2,1-5H3;7-8H,5-6,9H2,1-4H3;6-7,9H,4-5,8H2,1-3H3;5-8H,1-4H3;5-8H,1-4H3;4-7H,1-3H3. The van der Waals surface area contributed by atoms with Crippen molar-refractivity contribution in [2.24, 2.45) is 0 Å². The zero-order chi connectivity index (χ0) is 59.3. The number of aryl methyl sites for hydroxylation is 3. The fourth-order valence-corrected chi connectivity index (χ4v) is 10.5. The Morgan fingerprint density at radius 1 is 0.380 bits per heavy atom. The molecule has 0 N–H and O–H groups in total. The zero-order valence-electron chi connectivity index (χ0n) is 54.1. The molecule has 0 unspecified atom stereocenters. The molecule has 6 aromatic rings. The van der Waals surface area contributed by atoms with Crippen molar-refractivity contribution in [3.05, 3.63) is 193 Å². The van der Waals surface area contributed by atoms with Crippen molar-refractivity contribution in [1.29, 1.82) is 0 Å². The highest BCUT2D eigenvalue weighted by Gasteiger charge is 2.24. The molecule has 0 bridgehead atoms. The number of halogens is 1. The second-order valence-electron chi connectivity index (χ2n) is 28.6. The van der Waals surface area contributed by atoms with Crippen LogP contribution in [0, 0.1) is 33.5 Å². The third-order valence-electron chi connectivity index (χ3n) is 15.5. The summed E-state index contributed by atoms with van der Waals surface area (Å²) in [6.07, 6.45) is 9.99. The van der Waals surface area contributed by atoms with Gasteiger partial charge < -0.3 is 14.2 Å². The van der Waals surface area contributed by atoms with E-state index in [1.54, 1.807) is 29.4 Å². The SMILES string of the molecule is CC(C)(C)c1ccc(F)cc1.CC(C)(C)c1ccc2c(c1)CCCO2.COc1ccc(C(C)(C)C)cc1.Cc1c(C(C)(C)C)ccc2c1CCCO2.Cc1cc(C(C)(C)C)c(C)c2c1CCCC2.Cc1ccc(C(C)(C)C)cc1. The number of ether oxygens (including phenoxy) is 3. The Morgan fingerprint density at radius 3 is 1.27 bits per heavy atom. The van der Waals surface area contributed by atoms with Crippen molar-refractivity contribution in [3.8, 4) is 17.2 Å². The predicted octanol–water partition coefficient (Wildman–Crippen LogP) is 20.8. The fraction of sp³-hybridized carbons (Fsp3) is 0.520. The Balaban J connectivity index is 0.000000206. The summed E-state index contributed by atoms with van der Waals surface area (Å²) >= 11 is 0. The quantitative estimate of drug-likeness (QED) is 0.164. The normalized spacial score (nSPS) is 14.0. The van der Waals surface area contributed by atoms with E-state index in [0.29, 0.717) is 0 Å². The lowest BCUT2D eigenvalue weighted by Crippen LogP contribution is -2.17. The first-order chi connectivity index (χ1) is 36.5. The third kappa shape index (κ3) is 20.3. The summed E-state index contributed by atoms with van der Waals surface area (Å²) in [7, 11) is 1.69. The van der Waals surface area contributed by atoms with Crippen molar-refractivity contribution in [2.45, 2.75) is 236 Å². The molecule has 1 aliphatic carbocycles. The lowest BCUT2D eigenvalue weighted by Gasteiger charge is -2.28. The van der Waals surface area contributed by atoms with E-state index in [4.69, 9.17) is 14.2 Å². The summed E-state index contributed by atoms with van der Waals surface area (Å²) in [5.41, 5.74) is 21.7. The molecular formula is C75H107FO3. The largest absolute Gasteiger partial charge is 0.497 e. The van der Waals surface area contributed by atoms with Crippen LogP contribution in [0.3, 0.4) is 0 Å². The molecule has 3 aliphatic rings. The van der Waals surface area contributed by atoms with E-state index in [9.17, 15) is 4.39 Å². The Hall–Kier alpha value is -5.35. The maximum atomic E-state index is 12.5. The number of methoxy groups -OCH3 is 1. The molecule has 0 aromatic heterocycles. The monoisotopic (exact) mass is 1070 g/mol. The van der Waals surface area contributed by atoms with Gasteiger partial charge in [-0.25, -0.2) is 4.39 Å². The van der Waals surface area contributed by atoms with Gasteiger partial charge in [0.05, 0.1) is 20.3 Å². The van der Waals surface area contributed by atoms with E-state index < -0.39 is 0 Å². The maximum absolute atomic E-state index is 12.5. The molecular weight excluding hydrogens is 968 g/mol. The second kappa shape index (κ2) is 27.9. The summed E-state index contributed by atoms with van der Waals surface area (Å²) in [4.78, 5) is 0. The molecule has 2 aliphatic heterocycles. The Kier molecular flexibility index (Phi) is 23.4. The van der Waals surface area contributed by atoms with Crippen LogP contribution >= 0.6 is 0 Å². The Bertz CT molecular complexity index is 2770. The molecule has 9 rings (SSSR count). The number of fused-ring (bicyclic) bond motifs is 3. The summed E-state index contributed by atoms with van der Waals surface area (Å²) in [6.45, 7) is 50.9.